The van der Waals surface area contributed by atoms with Gasteiger partial charge in [0.15, 0.2) is 5.78 Å². The normalized spacial score (nSPS) is 11.3. The molecule has 0 rings (SSSR count). The molecule has 0 amide bonds. The van der Waals surface area contributed by atoms with Crippen LogP contribution in [0, 0.1) is 0 Å². The molecule has 0 N–H and O–H groups in total. The van der Waals surface area contributed by atoms with E-state index in [0.29, 0.717) is 6.04 Å². The molecule has 0 aromatic carbocycles. The molecule has 0 aromatic heterocycles. The predicted octanol–water partition coefficient (Wildman–Crippen LogP) is 0.645. The molecule has 11 heavy (non-hydrogen) atoms. The van der Waals surface area contributed by atoms with Crippen LogP contribution in [-0.4, -0.2) is 29.3 Å². The van der Waals surface area contributed by atoms with Gasteiger partial charge < -0.3 is 8.85 Å². The second-order valence-corrected chi connectivity index (χ2v) is 4.28. The first kappa shape index (κ1) is 10.5. The summed E-state index contributed by atoms with van der Waals surface area (Å²) in [4.78, 5) is 11.0. The molecule has 4 heteroatoms. The van der Waals surface area contributed by atoms with E-state index in [9.17, 15) is 4.79 Å². The molecule has 0 fully saturated rings. The van der Waals surface area contributed by atoms with Gasteiger partial charge in [-0.25, -0.2) is 0 Å². The topological polar surface area (TPSA) is 35.5 Å². The molecule has 0 bridgehead atoms. The number of hydrogen-bond donors (Lipinski definition) is 0. The number of carbonyl (C=O) groups is 1. The lowest BCUT2D eigenvalue weighted by Crippen LogP contribution is -2.21. The maximum atomic E-state index is 11.0. The van der Waals surface area contributed by atoms with Crippen molar-refractivity contribution in [2.24, 2.45) is 0 Å². The highest BCUT2D eigenvalue weighted by molar-refractivity contribution is 6.50. The van der Waals surface area contributed by atoms with Crippen molar-refractivity contribution in [3.63, 3.8) is 0 Å². The average molecular weight is 174 g/mol. The number of carbonyl (C=O) groups excluding carboxylic acids is 1. The minimum atomic E-state index is -1.68. The highest BCUT2D eigenvalue weighted by atomic mass is 28.3. The standard InChI is InChI=1S/C7H14O3Si/c1-4-5-7(8)6-11(9-2)10-3/h4-5,11H,6H2,1-3H3. The van der Waals surface area contributed by atoms with Crippen molar-refractivity contribution in [3.05, 3.63) is 12.2 Å². The number of rotatable bonds is 5. The largest absolute Gasteiger partial charge is 0.400 e. The van der Waals surface area contributed by atoms with Crippen molar-refractivity contribution in [2.45, 2.75) is 13.0 Å². The Morgan fingerprint density at radius 1 is 1.45 bits per heavy atom. The highest BCUT2D eigenvalue weighted by Crippen LogP contribution is 1.96. The fourth-order valence-corrected chi connectivity index (χ4v) is 1.67. The predicted molar refractivity (Wildman–Crippen MR) is 45.8 cm³/mol. The lowest BCUT2D eigenvalue weighted by molar-refractivity contribution is -0.113. The van der Waals surface area contributed by atoms with Gasteiger partial charge in [0.1, 0.15) is 0 Å². The SMILES string of the molecule is CC=CC(=O)C[SiH](OC)OC. The maximum absolute atomic E-state index is 11.0. The monoisotopic (exact) mass is 174 g/mol. The molecule has 0 aliphatic carbocycles. The Kier molecular flexibility index (Phi) is 6.01. The molecule has 0 saturated heterocycles. The van der Waals surface area contributed by atoms with Crippen molar-refractivity contribution in [1.29, 1.82) is 0 Å². The zero-order chi connectivity index (χ0) is 8.69. The van der Waals surface area contributed by atoms with E-state index in [1.165, 1.54) is 6.08 Å². The van der Waals surface area contributed by atoms with Gasteiger partial charge in [0.2, 0.25) is 0 Å². The summed E-state index contributed by atoms with van der Waals surface area (Å²) in [5.74, 6) is 0.0767. The van der Waals surface area contributed by atoms with Crippen LogP contribution in [0.15, 0.2) is 12.2 Å². The zero-order valence-electron chi connectivity index (χ0n) is 7.16. The smallest absolute Gasteiger partial charge is 0.328 e. The maximum Gasteiger partial charge on any atom is 0.328 e. The number of ketones is 1. The first-order chi connectivity index (χ1) is 5.24. The van der Waals surface area contributed by atoms with E-state index < -0.39 is 9.28 Å². The molecule has 0 atom stereocenters. The first-order valence-electron chi connectivity index (χ1n) is 3.45. The zero-order valence-corrected chi connectivity index (χ0v) is 8.32. The molecule has 3 nitrogen and oxygen atoms in total. The van der Waals surface area contributed by atoms with E-state index in [0.717, 1.165) is 0 Å². The fraction of sp³-hybridized carbons (Fsp3) is 0.571. The molecule has 0 heterocycles. The summed E-state index contributed by atoms with van der Waals surface area (Å²) >= 11 is 0. The highest BCUT2D eigenvalue weighted by Gasteiger charge is 2.12. The van der Waals surface area contributed by atoms with Gasteiger partial charge in [-0.15, -0.1) is 0 Å². The summed E-state index contributed by atoms with van der Waals surface area (Å²) in [7, 11) is 1.46. The number of hydrogen-bond acceptors (Lipinski definition) is 3. The van der Waals surface area contributed by atoms with Gasteiger partial charge in [-0.3, -0.25) is 4.79 Å². The third kappa shape index (κ3) is 4.89. The molecule has 0 aliphatic heterocycles. The van der Waals surface area contributed by atoms with Crippen LogP contribution in [0.5, 0.6) is 0 Å². The van der Waals surface area contributed by atoms with Crippen LogP contribution in [-0.2, 0) is 13.6 Å². The molecule has 64 valence electrons. The van der Waals surface area contributed by atoms with Gasteiger partial charge >= 0.3 is 9.28 Å². The van der Waals surface area contributed by atoms with E-state index in [2.05, 4.69) is 0 Å². The molecule has 0 spiro atoms. The molecule has 0 radical (unpaired) electrons. The third-order valence-corrected chi connectivity index (χ3v) is 3.03. The Morgan fingerprint density at radius 3 is 2.36 bits per heavy atom. The Morgan fingerprint density at radius 2 is 2.00 bits per heavy atom. The van der Waals surface area contributed by atoms with Crippen LogP contribution in [0.25, 0.3) is 0 Å². The number of allylic oxidation sites excluding steroid dienone is 2. The minimum Gasteiger partial charge on any atom is -0.400 e. The van der Waals surface area contributed by atoms with E-state index in [1.807, 2.05) is 6.92 Å². The Balaban J connectivity index is 3.71. The first-order valence-corrected chi connectivity index (χ1v) is 5.21. The lowest BCUT2D eigenvalue weighted by atomic mass is 10.4. The average Bonchev–Trinajstić information content (AvgIpc) is 2.01. The van der Waals surface area contributed by atoms with Gasteiger partial charge in [-0.2, -0.15) is 0 Å². The quantitative estimate of drug-likeness (QED) is 0.453. The van der Waals surface area contributed by atoms with Gasteiger partial charge in [0.25, 0.3) is 0 Å². The van der Waals surface area contributed by atoms with Crippen molar-refractivity contribution >= 4 is 15.1 Å². The van der Waals surface area contributed by atoms with Gasteiger partial charge in [-0.1, -0.05) is 6.08 Å². The van der Waals surface area contributed by atoms with Crippen LogP contribution in [0.2, 0.25) is 6.04 Å². The molecular formula is C7H14O3Si. The van der Waals surface area contributed by atoms with Crippen LogP contribution >= 0.6 is 0 Å². The second-order valence-electron chi connectivity index (χ2n) is 2.07. The Labute approximate surface area is 68.9 Å². The Hall–Kier alpha value is -0.453. The fourth-order valence-electron chi connectivity index (χ4n) is 0.681. The molecule has 0 aromatic rings. The third-order valence-electron chi connectivity index (χ3n) is 1.25. The summed E-state index contributed by atoms with van der Waals surface area (Å²) in [5, 5.41) is 0. The van der Waals surface area contributed by atoms with Crippen LogP contribution in [0.4, 0.5) is 0 Å². The van der Waals surface area contributed by atoms with Crippen molar-refractivity contribution in [2.75, 3.05) is 14.2 Å². The van der Waals surface area contributed by atoms with Gasteiger partial charge in [0, 0.05) is 14.2 Å². The van der Waals surface area contributed by atoms with E-state index in [1.54, 1.807) is 20.3 Å². The van der Waals surface area contributed by atoms with Crippen molar-refractivity contribution < 1.29 is 13.6 Å². The summed E-state index contributed by atoms with van der Waals surface area (Å²) in [6.45, 7) is 1.81. The summed E-state index contributed by atoms with van der Waals surface area (Å²) in [5.41, 5.74) is 0. The lowest BCUT2D eigenvalue weighted by Gasteiger charge is -2.07. The van der Waals surface area contributed by atoms with Crippen molar-refractivity contribution in [3.8, 4) is 0 Å². The summed E-state index contributed by atoms with van der Waals surface area (Å²) in [6, 6.07) is 0.414. The van der Waals surface area contributed by atoms with Crippen LogP contribution < -0.4 is 0 Å². The van der Waals surface area contributed by atoms with Crippen molar-refractivity contribution in [1.82, 2.24) is 0 Å². The summed E-state index contributed by atoms with van der Waals surface area (Å²) in [6.07, 6.45) is 3.26. The van der Waals surface area contributed by atoms with Gasteiger partial charge in [-0.05, 0) is 13.0 Å². The van der Waals surface area contributed by atoms with E-state index in [4.69, 9.17) is 8.85 Å². The minimum absolute atomic E-state index is 0.0767. The molecule has 0 aliphatic rings. The van der Waals surface area contributed by atoms with E-state index >= 15 is 0 Å². The van der Waals surface area contributed by atoms with Gasteiger partial charge in [0.05, 0.1) is 6.04 Å². The Bertz CT molecular complexity index is 141. The molecule has 0 saturated carbocycles. The molecular weight excluding hydrogens is 160 g/mol. The second kappa shape index (κ2) is 6.27. The molecule has 0 unspecified atom stereocenters. The van der Waals surface area contributed by atoms with Crippen LogP contribution in [0.1, 0.15) is 6.92 Å². The summed E-state index contributed by atoms with van der Waals surface area (Å²) < 4.78 is 9.96. The van der Waals surface area contributed by atoms with Crippen LogP contribution in [0.3, 0.4) is 0 Å². The van der Waals surface area contributed by atoms with E-state index in [-0.39, 0.29) is 5.78 Å².